The number of fused-ring (bicyclic) bond motifs is 1. The lowest BCUT2D eigenvalue weighted by atomic mass is 10.1. The van der Waals surface area contributed by atoms with Crippen LogP contribution in [0.5, 0.6) is 0 Å². The van der Waals surface area contributed by atoms with Crippen molar-refractivity contribution in [3.8, 4) is 0 Å². The van der Waals surface area contributed by atoms with Crippen LogP contribution in [-0.2, 0) is 13.6 Å². The Morgan fingerprint density at radius 1 is 1.31 bits per heavy atom. The fraction of sp³-hybridized carbons (Fsp3) is 0.350. The van der Waals surface area contributed by atoms with Crippen LogP contribution < -0.4 is 0 Å². The van der Waals surface area contributed by atoms with Gasteiger partial charge in [0.15, 0.2) is 5.65 Å². The average Bonchev–Trinajstić information content (AvgIpc) is 3.42. The molecule has 1 saturated carbocycles. The molecule has 3 aromatic rings. The summed E-state index contributed by atoms with van der Waals surface area (Å²) < 4.78 is 14.8. The molecule has 0 spiro atoms. The van der Waals surface area contributed by atoms with Gasteiger partial charge in [0, 0.05) is 32.3 Å². The van der Waals surface area contributed by atoms with Crippen LogP contribution in [0.3, 0.4) is 0 Å². The van der Waals surface area contributed by atoms with E-state index in [4.69, 9.17) is 4.98 Å². The number of pyridine rings is 1. The molecule has 2 heterocycles. The van der Waals surface area contributed by atoms with Crippen molar-refractivity contribution in [3.05, 3.63) is 58.7 Å². The van der Waals surface area contributed by atoms with Crippen LogP contribution >= 0.6 is 0 Å². The van der Waals surface area contributed by atoms with E-state index in [1.807, 2.05) is 20.0 Å². The van der Waals surface area contributed by atoms with Gasteiger partial charge in [0.1, 0.15) is 5.82 Å². The molecule has 0 bridgehead atoms. The van der Waals surface area contributed by atoms with Crippen molar-refractivity contribution in [2.45, 2.75) is 32.2 Å². The van der Waals surface area contributed by atoms with E-state index in [-0.39, 0.29) is 11.7 Å². The molecule has 1 aliphatic rings. The summed E-state index contributed by atoms with van der Waals surface area (Å²) in [5.41, 5.74) is 4.06. The number of amides is 1. The minimum atomic E-state index is -0.279. The quantitative estimate of drug-likeness (QED) is 0.721. The van der Waals surface area contributed by atoms with Crippen LogP contribution in [0.15, 0.2) is 30.3 Å². The Balaban J connectivity index is 1.72. The van der Waals surface area contributed by atoms with Crippen LogP contribution in [0.1, 0.15) is 46.1 Å². The molecule has 1 fully saturated rings. The Labute approximate surface area is 151 Å². The third-order valence-corrected chi connectivity index (χ3v) is 4.89. The second-order valence-corrected chi connectivity index (χ2v) is 7.06. The number of halogens is 1. The van der Waals surface area contributed by atoms with Crippen molar-refractivity contribution in [2.24, 2.45) is 7.05 Å². The fourth-order valence-corrected chi connectivity index (χ4v) is 3.36. The van der Waals surface area contributed by atoms with Crippen LogP contribution in [0.25, 0.3) is 11.0 Å². The maximum atomic E-state index is 13.2. The van der Waals surface area contributed by atoms with E-state index < -0.39 is 0 Å². The lowest BCUT2D eigenvalue weighted by Crippen LogP contribution is -2.26. The largest absolute Gasteiger partial charge is 0.337 e. The lowest BCUT2D eigenvalue weighted by molar-refractivity contribution is 0.0787. The van der Waals surface area contributed by atoms with Crippen molar-refractivity contribution in [1.29, 1.82) is 0 Å². The molecule has 0 unspecified atom stereocenters. The highest BCUT2D eigenvalue weighted by molar-refractivity contribution is 6.06. The molecule has 0 aliphatic heterocycles. The molecule has 2 aromatic heterocycles. The van der Waals surface area contributed by atoms with E-state index in [2.05, 4.69) is 5.10 Å². The monoisotopic (exact) mass is 352 g/mol. The Hall–Kier alpha value is -2.76. The van der Waals surface area contributed by atoms with Gasteiger partial charge in [0.05, 0.1) is 16.6 Å². The van der Waals surface area contributed by atoms with Crippen LogP contribution in [0.2, 0.25) is 0 Å². The summed E-state index contributed by atoms with van der Waals surface area (Å²) in [5, 5.41) is 5.26. The molecular weight excluding hydrogens is 331 g/mol. The minimum Gasteiger partial charge on any atom is -0.337 e. The Bertz CT molecular complexity index is 989. The van der Waals surface area contributed by atoms with Gasteiger partial charge < -0.3 is 4.90 Å². The van der Waals surface area contributed by atoms with Crippen molar-refractivity contribution in [2.75, 3.05) is 7.05 Å². The minimum absolute atomic E-state index is 0.0697. The first-order chi connectivity index (χ1) is 12.4. The predicted octanol–water partition coefficient (Wildman–Crippen LogP) is 3.57. The molecule has 1 aliphatic carbocycles. The summed E-state index contributed by atoms with van der Waals surface area (Å²) in [6.07, 6.45) is 2.24. The van der Waals surface area contributed by atoms with Gasteiger partial charge in [-0.3, -0.25) is 9.48 Å². The van der Waals surface area contributed by atoms with Crippen molar-refractivity contribution >= 4 is 16.9 Å². The van der Waals surface area contributed by atoms with Crippen molar-refractivity contribution < 1.29 is 9.18 Å². The Morgan fingerprint density at radius 2 is 2.00 bits per heavy atom. The zero-order valence-electron chi connectivity index (χ0n) is 15.2. The molecule has 0 saturated heterocycles. The smallest absolute Gasteiger partial charge is 0.254 e. The zero-order valence-corrected chi connectivity index (χ0v) is 15.2. The molecule has 6 heteroatoms. The summed E-state index contributed by atoms with van der Waals surface area (Å²) in [7, 11) is 3.62. The number of carbonyl (C=O) groups excluding carboxylic acids is 1. The maximum absolute atomic E-state index is 13.2. The highest BCUT2D eigenvalue weighted by Gasteiger charge is 2.29. The summed E-state index contributed by atoms with van der Waals surface area (Å²) in [6, 6.07) is 8.15. The van der Waals surface area contributed by atoms with E-state index >= 15 is 0 Å². The number of nitrogens with zero attached hydrogens (tertiary/aromatic N) is 4. The van der Waals surface area contributed by atoms with E-state index in [1.54, 1.807) is 28.8 Å². The second-order valence-electron chi connectivity index (χ2n) is 7.06. The number of rotatable bonds is 4. The van der Waals surface area contributed by atoms with Gasteiger partial charge in [-0.25, -0.2) is 9.37 Å². The average molecular weight is 352 g/mol. The van der Waals surface area contributed by atoms with Crippen LogP contribution in [-0.4, -0.2) is 32.6 Å². The van der Waals surface area contributed by atoms with Crippen molar-refractivity contribution in [1.82, 2.24) is 19.7 Å². The van der Waals surface area contributed by atoms with E-state index in [0.717, 1.165) is 40.8 Å². The van der Waals surface area contributed by atoms with Gasteiger partial charge >= 0.3 is 0 Å². The third-order valence-electron chi connectivity index (χ3n) is 4.89. The highest BCUT2D eigenvalue weighted by atomic mass is 19.1. The maximum Gasteiger partial charge on any atom is 0.254 e. The third kappa shape index (κ3) is 2.96. The molecular formula is C20H21FN4O. The van der Waals surface area contributed by atoms with Gasteiger partial charge in [0.25, 0.3) is 5.91 Å². The molecule has 0 atom stereocenters. The molecule has 4 rings (SSSR count). The number of aromatic nitrogens is 3. The first kappa shape index (κ1) is 16.7. The predicted molar refractivity (Wildman–Crippen MR) is 97.4 cm³/mol. The summed E-state index contributed by atoms with van der Waals surface area (Å²) in [6.45, 7) is 2.32. The highest BCUT2D eigenvalue weighted by Crippen LogP contribution is 2.40. The first-order valence-corrected chi connectivity index (χ1v) is 8.78. The van der Waals surface area contributed by atoms with Gasteiger partial charge in [0.2, 0.25) is 0 Å². The summed E-state index contributed by atoms with van der Waals surface area (Å²) in [4.78, 5) is 19.6. The molecule has 0 N–H and O–H groups in total. The van der Waals surface area contributed by atoms with E-state index in [0.29, 0.717) is 18.0 Å². The number of hydrogen-bond donors (Lipinski definition) is 0. The normalized spacial score (nSPS) is 14.0. The molecule has 26 heavy (non-hydrogen) atoms. The molecule has 0 radical (unpaired) electrons. The standard InChI is InChI=1S/C20H21FN4O/c1-12-18-16(10-17(14-6-7-14)22-19(18)25(3)23-12)20(26)24(2)11-13-4-8-15(21)9-5-13/h4-5,8-10,14H,6-7,11H2,1-3H3. The zero-order chi connectivity index (χ0) is 18.4. The number of benzene rings is 1. The topological polar surface area (TPSA) is 51.0 Å². The summed E-state index contributed by atoms with van der Waals surface area (Å²) in [5.74, 6) is 0.0990. The number of carbonyl (C=O) groups is 1. The summed E-state index contributed by atoms with van der Waals surface area (Å²) >= 11 is 0. The lowest BCUT2D eigenvalue weighted by Gasteiger charge is -2.18. The number of hydrogen-bond acceptors (Lipinski definition) is 3. The number of aryl methyl sites for hydroxylation is 2. The fourth-order valence-electron chi connectivity index (χ4n) is 3.36. The first-order valence-electron chi connectivity index (χ1n) is 8.78. The SMILES string of the molecule is Cc1nn(C)c2nc(C3CC3)cc(C(=O)N(C)Cc3ccc(F)cc3)c12. The Morgan fingerprint density at radius 3 is 2.65 bits per heavy atom. The van der Waals surface area contributed by atoms with E-state index in [9.17, 15) is 9.18 Å². The van der Waals surface area contributed by atoms with Crippen LogP contribution in [0, 0.1) is 12.7 Å². The van der Waals surface area contributed by atoms with Gasteiger partial charge in [-0.15, -0.1) is 0 Å². The van der Waals surface area contributed by atoms with Gasteiger partial charge in [-0.1, -0.05) is 12.1 Å². The van der Waals surface area contributed by atoms with Gasteiger partial charge in [-0.2, -0.15) is 5.10 Å². The molecule has 1 aromatic carbocycles. The van der Waals surface area contributed by atoms with Gasteiger partial charge in [-0.05, 0) is 43.5 Å². The second kappa shape index (κ2) is 6.20. The van der Waals surface area contributed by atoms with Crippen LogP contribution in [0.4, 0.5) is 4.39 Å². The Kier molecular flexibility index (Phi) is 3.98. The molecule has 5 nitrogen and oxygen atoms in total. The van der Waals surface area contributed by atoms with Crippen molar-refractivity contribution in [3.63, 3.8) is 0 Å². The van der Waals surface area contributed by atoms with E-state index in [1.165, 1.54) is 12.1 Å². The molecule has 134 valence electrons. The molecule has 1 amide bonds.